The molecule has 0 aromatic heterocycles. The number of nitrogens with zero attached hydrogens (tertiary/aromatic N) is 10. The summed E-state index contributed by atoms with van der Waals surface area (Å²) in [5.74, 6) is -6.82. The molecule has 2 amide bonds. The Kier molecular flexibility index (Phi) is 21.0. The molecule has 0 spiro atoms. The molecule has 1 aliphatic carbocycles. The molecule has 0 bridgehead atoms. The molecule has 0 radical (unpaired) electrons. The lowest BCUT2D eigenvalue weighted by Crippen LogP contribution is -2.58. The second-order valence-electron chi connectivity index (χ2n) is 16.5. The van der Waals surface area contributed by atoms with Gasteiger partial charge in [0.05, 0.1) is 58.4 Å². The number of piperazine rings is 1. The second kappa shape index (κ2) is 26.0. The summed E-state index contributed by atoms with van der Waals surface area (Å²) in [6.45, 7) is 2.50. The summed E-state index contributed by atoms with van der Waals surface area (Å²) in [7, 11) is 0. The van der Waals surface area contributed by atoms with Gasteiger partial charge in [-0.15, -0.1) is 0 Å². The number of carbonyl (C=O) groups is 8. The fraction of sp³-hybridized carbons (Fsp3) is 0.700. The van der Waals surface area contributed by atoms with E-state index in [0.717, 1.165) is 0 Å². The zero-order chi connectivity index (χ0) is 46.8. The predicted molar refractivity (Wildman–Crippen MR) is 226 cm³/mol. The molecule has 24 heteroatoms. The lowest BCUT2D eigenvalue weighted by atomic mass is 9.98. The summed E-state index contributed by atoms with van der Waals surface area (Å²) < 4.78 is 0. The molecule has 0 saturated carbocycles. The Hall–Kier alpha value is -5.08. The number of amides is 2. The van der Waals surface area contributed by atoms with Crippen LogP contribution in [0.2, 0.25) is 0 Å². The maximum Gasteiger partial charge on any atom is 0.317 e. The van der Waals surface area contributed by atoms with Crippen LogP contribution in [0.25, 0.3) is 0 Å². The first kappa shape index (κ1) is 51.6. The highest BCUT2D eigenvalue weighted by Crippen LogP contribution is 2.28. The molecule has 3 fully saturated rings. The van der Waals surface area contributed by atoms with Gasteiger partial charge >= 0.3 is 35.8 Å². The maximum absolute atomic E-state index is 14.2. The van der Waals surface area contributed by atoms with E-state index in [9.17, 15) is 69.0 Å². The van der Waals surface area contributed by atoms with Crippen molar-refractivity contribution in [2.75, 3.05) is 170 Å². The van der Waals surface area contributed by atoms with Crippen molar-refractivity contribution >= 4 is 47.6 Å². The van der Waals surface area contributed by atoms with Gasteiger partial charge in [0, 0.05) is 124 Å². The average molecular weight is 909 g/mol. The first-order valence-electron chi connectivity index (χ1n) is 21.5. The highest BCUT2D eigenvalue weighted by atomic mass is 16.4. The normalized spacial score (nSPS) is 22.2. The maximum atomic E-state index is 14.2. The lowest BCUT2D eigenvalue weighted by Gasteiger charge is -2.45. The molecule has 4 rings (SSSR count). The van der Waals surface area contributed by atoms with Crippen LogP contribution in [0.4, 0.5) is 0 Å². The fourth-order valence-electron chi connectivity index (χ4n) is 8.35. The Morgan fingerprint density at radius 3 is 0.922 bits per heavy atom. The Morgan fingerprint density at radius 2 is 0.641 bits per heavy atom. The van der Waals surface area contributed by atoms with Crippen LogP contribution < -0.4 is 0 Å². The summed E-state index contributed by atoms with van der Waals surface area (Å²) in [6.07, 6.45) is 5.96. The molecule has 358 valence electrons. The SMILES string of the molecule is O=C(O)CN1CCN(CC(=O)O)CCN(CC(=O)N2CCN(C(=O)CN3CCN(CC(=O)O)CCN(CC(=O)O)CCN(CC(=O)O)CC3)C3CC=CC=C32)CCN(CC(=O)O)CC1. The third-order valence-electron chi connectivity index (χ3n) is 11.7. The number of aliphatic carboxylic acids is 6. The van der Waals surface area contributed by atoms with Gasteiger partial charge in [-0.25, -0.2) is 0 Å². The lowest BCUT2D eigenvalue weighted by molar-refractivity contribution is -0.142. The minimum absolute atomic E-state index is 0.0596. The quantitative estimate of drug-likeness (QED) is 0.0857. The number of fused-ring (bicyclic) bond motifs is 1. The third-order valence-corrected chi connectivity index (χ3v) is 11.7. The minimum atomic E-state index is -1.06. The van der Waals surface area contributed by atoms with E-state index >= 15 is 0 Å². The van der Waals surface area contributed by atoms with Crippen LogP contribution in [-0.4, -0.2) is 303 Å². The smallest absolute Gasteiger partial charge is 0.317 e. The van der Waals surface area contributed by atoms with Crippen LogP contribution in [0.1, 0.15) is 6.42 Å². The monoisotopic (exact) mass is 908 g/mol. The van der Waals surface area contributed by atoms with E-state index in [2.05, 4.69) is 0 Å². The van der Waals surface area contributed by atoms with Gasteiger partial charge < -0.3 is 40.4 Å². The molecule has 24 nitrogen and oxygen atoms in total. The van der Waals surface area contributed by atoms with Gasteiger partial charge in [-0.05, 0) is 12.5 Å². The van der Waals surface area contributed by atoms with Crippen LogP contribution in [0.15, 0.2) is 23.9 Å². The van der Waals surface area contributed by atoms with Gasteiger partial charge in [0.15, 0.2) is 0 Å². The molecule has 3 aliphatic heterocycles. The Morgan fingerprint density at radius 1 is 0.375 bits per heavy atom. The number of carboxylic acids is 6. The molecule has 0 aromatic rings. The van der Waals surface area contributed by atoms with E-state index in [4.69, 9.17) is 0 Å². The Bertz CT molecular complexity index is 1650. The predicted octanol–water partition coefficient (Wildman–Crippen LogP) is -4.18. The number of hydrogen-bond donors (Lipinski definition) is 6. The van der Waals surface area contributed by atoms with Crippen molar-refractivity contribution in [2.24, 2.45) is 0 Å². The molecule has 1 unspecified atom stereocenters. The van der Waals surface area contributed by atoms with Crippen molar-refractivity contribution in [3.63, 3.8) is 0 Å². The van der Waals surface area contributed by atoms with Crippen molar-refractivity contribution < 1.29 is 69.0 Å². The number of rotatable bonds is 16. The molecule has 1 atom stereocenters. The topological polar surface area (TPSA) is 290 Å². The minimum Gasteiger partial charge on any atom is -0.480 e. The molecule has 6 N–H and O–H groups in total. The van der Waals surface area contributed by atoms with Crippen LogP contribution >= 0.6 is 0 Å². The highest BCUT2D eigenvalue weighted by Gasteiger charge is 2.38. The highest BCUT2D eigenvalue weighted by molar-refractivity contribution is 5.83. The Balaban J connectivity index is 1.47. The second-order valence-corrected chi connectivity index (χ2v) is 16.5. The Labute approximate surface area is 371 Å². The van der Waals surface area contributed by atoms with Gasteiger partial charge in [-0.1, -0.05) is 12.2 Å². The summed E-state index contributed by atoms with van der Waals surface area (Å²) in [6, 6.07) is -0.480. The molecular formula is C40H64N10O14. The van der Waals surface area contributed by atoms with Crippen LogP contribution in [0.3, 0.4) is 0 Å². The van der Waals surface area contributed by atoms with E-state index in [1.807, 2.05) is 22.0 Å². The van der Waals surface area contributed by atoms with Crippen molar-refractivity contribution in [1.82, 2.24) is 49.0 Å². The number of carbonyl (C=O) groups excluding carboxylic acids is 2. The van der Waals surface area contributed by atoms with E-state index in [1.54, 1.807) is 45.3 Å². The van der Waals surface area contributed by atoms with E-state index in [0.29, 0.717) is 12.1 Å². The van der Waals surface area contributed by atoms with Gasteiger partial charge in [-0.3, -0.25) is 77.6 Å². The number of hydrogen-bond acceptors (Lipinski definition) is 16. The van der Waals surface area contributed by atoms with Gasteiger partial charge in [0.25, 0.3) is 0 Å². The summed E-state index contributed by atoms with van der Waals surface area (Å²) in [5.41, 5.74) is 0.625. The average Bonchev–Trinajstić information content (AvgIpc) is 3.21. The summed E-state index contributed by atoms with van der Waals surface area (Å²) in [5, 5.41) is 57.3. The number of allylic oxidation sites excluding steroid dienone is 2. The first-order valence-corrected chi connectivity index (χ1v) is 21.5. The fourth-order valence-corrected chi connectivity index (χ4v) is 8.35. The van der Waals surface area contributed by atoms with Crippen LogP contribution in [0, 0.1) is 0 Å². The standard InChI is InChI=1S/C40H64N10O14/c51-33(23-41-5-9-43(25-35(53)54)13-17-47(29-39(61)62)18-14-44(10-6-41)26-36(55)56)49-21-22-50(32-4-2-1-3-31(32)49)34(52)24-42-7-11-45(27-37(57)58)15-19-48(30-40(63)64)20-16-46(12-8-42)28-38(59)60/h1-3,32H,4-30H2,(H,53,54)(H,55,56)(H,57,58)(H,59,60)(H,61,62)(H,63,64). The van der Waals surface area contributed by atoms with E-state index in [1.165, 1.54) is 0 Å². The van der Waals surface area contributed by atoms with Crippen molar-refractivity contribution in [3.05, 3.63) is 23.9 Å². The van der Waals surface area contributed by atoms with Gasteiger partial charge in [0.1, 0.15) is 0 Å². The van der Waals surface area contributed by atoms with E-state index in [-0.39, 0.29) is 182 Å². The van der Waals surface area contributed by atoms with Gasteiger partial charge in [-0.2, -0.15) is 0 Å². The summed E-state index contributed by atoms with van der Waals surface area (Å²) in [4.78, 5) is 116. The van der Waals surface area contributed by atoms with Crippen LogP contribution in [-0.2, 0) is 38.4 Å². The van der Waals surface area contributed by atoms with E-state index < -0.39 is 41.9 Å². The summed E-state index contributed by atoms with van der Waals surface area (Å²) >= 11 is 0. The van der Waals surface area contributed by atoms with Crippen molar-refractivity contribution in [1.29, 1.82) is 0 Å². The number of carboxylic acid groups (broad SMARTS) is 6. The van der Waals surface area contributed by atoms with Crippen molar-refractivity contribution in [2.45, 2.75) is 12.5 Å². The molecule has 3 heterocycles. The van der Waals surface area contributed by atoms with Crippen LogP contribution in [0.5, 0.6) is 0 Å². The molecular weight excluding hydrogens is 844 g/mol. The molecule has 3 saturated heterocycles. The zero-order valence-electron chi connectivity index (χ0n) is 36.3. The molecule has 64 heavy (non-hydrogen) atoms. The largest absolute Gasteiger partial charge is 0.480 e. The molecule has 4 aliphatic rings. The van der Waals surface area contributed by atoms with Gasteiger partial charge in [0.2, 0.25) is 11.8 Å². The zero-order valence-corrected chi connectivity index (χ0v) is 36.3. The first-order chi connectivity index (χ1) is 30.4. The third kappa shape index (κ3) is 18.2. The molecule has 0 aromatic carbocycles. The van der Waals surface area contributed by atoms with Crippen molar-refractivity contribution in [3.8, 4) is 0 Å².